The number of rotatable bonds is 3. The molecule has 2 N–H and O–H groups in total. The van der Waals surface area contributed by atoms with E-state index in [1.165, 1.54) is 0 Å². The van der Waals surface area contributed by atoms with Crippen molar-refractivity contribution in [2.45, 2.75) is 5.79 Å². The molecule has 0 spiro atoms. The van der Waals surface area contributed by atoms with E-state index < -0.39 is 5.79 Å². The number of nitrogens with two attached hydrogens (primary N) is 1. The first-order valence-electron chi connectivity index (χ1n) is 5.29. The Hall–Kier alpha value is -1.77. The number of nitriles is 1. The lowest BCUT2D eigenvalue weighted by atomic mass is 10.0. The molecule has 1 aliphatic heterocycles. The molecule has 0 bridgehead atoms. The first-order valence-corrected chi connectivity index (χ1v) is 5.29. The fraction of sp³-hybridized carbons (Fsp3) is 0.417. The van der Waals surface area contributed by atoms with Crippen molar-refractivity contribution in [1.29, 1.82) is 5.26 Å². The van der Waals surface area contributed by atoms with Gasteiger partial charge in [-0.15, -0.1) is 0 Å². The average Bonchev–Trinajstić information content (AvgIpc) is 2.30. The number of nitrogens with zero attached hydrogens (tertiary/aromatic N) is 2. The van der Waals surface area contributed by atoms with E-state index >= 15 is 0 Å². The molecule has 5 heteroatoms. The minimum absolute atomic E-state index is 0.527. The van der Waals surface area contributed by atoms with Crippen LogP contribution in [0.3, 0.4) is 0 Å². The lowest BCUT2D eigenvalue weighted by Crippen LogP contribution is -2.64. The first-order chi connectivity index (χ1) is 8.14. The SMILES string of the molecule is COC1(OC)CN(c2ccc(C#N)cc2N)C1. The van der Waals surface area contributed by atoms with Crippen molar-refractivity contribution in [2.75, 3.05) is 37.9 Å². The minimum Gasteiger partial charge on any atom is -0.397 e. The van der Waals surface area contributed by atoms with Crippen molar-refractivity contribution in [3.05, 3.63) is 23.8 Å². The zero-order chi connectivity index (χ0) is 12.5. The van der Waals surface area contributed by atoms with Crippen LogP contribution < -0.4 is 10.6 Å². The Morgan fingerprint density at radius 1 is 1.35 bits per heavy atom. The lowest BCUT2D eigenvalue weighted by molar-refractivity contribution is -0.219. The van der Waals surface area contributed by atoms with Gasteiger partial charge < -0.3 is 20.1 Å². The summed E-state index contributed by atoms with van der Waals surface area (Å²) in [4.78, 5) is 2.06. The van der Waals surface area contributed by atoms with Gasteiger partial charge in [0, 0.05) is 14.2 Å². The third kappa shape index (κ3) is 1.93. The summed E-state index contributed by atoms with van der Waals surface area (Å²) >= 11 is 0. The van der Waals surface area contributed by atoms with E-state index in [1.807, 2.05) is 6.07 Å². The Morgan fingerprint density at radius 3 is 2.47 bits per heavy atom. The Labute approximate surface area is 100 Å². The number of nitrogen functional groups attached to an aromatic ring is 1. The molecular weight excluding hydrogens is 218 g/mol. The van der Waals surface area contributed by atoms with E-state index in [1.54, 1.807) is 26.4 Å². The highest BCUT2D eigenvalue weighted by Crippen LogP contribution is 2.34. The van der Waals surface area contributed by atoms with Gasteiger partial charge in [-0.3, -0.25) is 0 Å². The van der Waals surface area contributed by atoms with Gasteiger partial charge in [0.2, 0.25) is 5.79 Å². The molecule has 5 nitrogen and oxygen atoms in total. The second kappa shape index (κ2) is 4.24. The molecule has 1 aromatic rings. The molecule has 0 unspecified atom stereocenters. The monoisotopic (exact) mass is 233 g/mol. The zero-order valence-corrected chi connectivity index (χ0v) is 9.93. The van der Waals surface area contributed by atoms with Crippen LogP contribution in [-0.2, 0) is 9.47 Å². The van der Waals surface area contributed by atoms with Gasteiger partial charge in [-0.25, -0.2) is 0 Å². The van der Waals surface area contributed by atoms with Crippen molar-refractivity contribution < 1.29 is 9.47 Å². The summed E-state index contributed by atoms with van der Waals surface area (Å²) in [7, 11) is 3.26. The molecule has 2 rings (SSSR count). The Bertz CT molecular complexity index is 455. The van der Waals surface area contributed by atoms with Crippen LogP contribution in [0.15, 0.2) is 18.2 Å². The fourth-order valence-electron chi connectivity index (χ4n) is 1.96. The van der Waals surface area contributed by atoms with Crippen LogP contribution in [0.5, 0.6) is 0 Å². The van der Waals surface area contributed by atoms with E-state index in [4.69, 9.17) is 20.5 Å². The highest BCUT2D eigenvalue weighted by molar-refractivity contribution is 5.70. The van der Waals surface area contributed by atoms with Crippen LogP contribution in [0, 0.1) is 11.3 Å². The number of anilines is 2. The van der Waals surface area contributed by atoms with Crippen LogP contribution in [-0.4, -0.2) is 33.1 Å². The van der Waals surface area contributed by atoms with Crippen LogP contribution in [0.4, 0.5) is 11.4 Å². The minimum atomic E-state index is -0.527. The molecule has 1 fully saturated rings. The molecule has 0 atom stereocenters. The molecule has 17 heavy (non-hydrogen) atoms. The second-order valence-electron chi connectivity index (χ2n) is 4.06. The zero-order valence-electron chi connectivity index (χ0n) is 9.93. The van der Waals surface area contributed by atoms with Crippen molar-refractivity contribution in [3.8, 4) is 6.07 Å². The van der Waals surface area contributed by atoms with E-state index in [-0.39, 0.29) is 0 Å². The first kappa shape index (κ1) is 11.7. The van der Waals surface area contributed by atoms with Crippen LogP contribution in [0.25, 0.3) is 0 Å². The Kier molecular flexibility index (Phi) is 2.92. The number of benzene rings is 1. The van der Waals surface area contributed by atoms with Crippen molar-refractivity contribution >= 4 is 11.4 Å². The number of hydrogen-bond donors (Lipinski definition) is 1. The van der Waals surface area contributed by atoms with E-state index in [0.717, 1.165) is 5.69 Å². The number of methoxy groups -OCH3 is 2. The third-order valence-electron chi connectivity index (χ3n) is 3.10. The summed E-state index contributed by atoms with van der Waals surface area (Å²) in [5.74, 6) is -0.527. The highest BCUT2D eigenvalue weighted by atomic mass is 16.7. The molecule has 0 aromatic heterocycles. The second-order valence-corrected chi connectivity index (χ2v) is 4.06. The fourth-order valence-corrected chi connectivity index (χ4v) is 1.96. The molecule has 0 saturated carbocycles. The molecule has 0 amide bonds. The molecule has 0 radical (unpaired) electrons. The summed E-state index contributed by atoms with van der Waals surface area (Å²) in [6, 6.07) is 7.34. The van der Waals surface area contributed by atoms with Gasteiger partial charge in [0.15, 0.2) is 0 Å². The average molecular weight is 233 g/mol. The summed E-state index contributed by atoms with van der Waals surface area (Å²) in [5.41, 5.74) is 7.98. The maximum atomic E-state index is 8.76. The van der Waals surface area contributed by atoms with E-state index in [9.17, 15) is 0 Å². The maximum absolute atomic E-state index is 8.76. The summed E-state index contributed by atoms with van der Waals surface area (Å²) in [6.45, 7) is 1.27. The number of ether oxygens (including phenoxy) is 2. The summed E-state index contributed by atoms with van der Waals surface area (Å²) < 4.78 is 10.6. The van der Waals surface area contributed by atoms with Gasteiger partial charge >= 0.3 is 0 Å². The number of hydrogen-bond acceptors (Lipinski definition) is 5. The predicted octanol–water partition coefficient (Wildman–Crippen LogP) is 0.950. The van der Waals surface area contributed by atoms with Crippen molar-refractivity contribution in [3.63, 3.8) is 0 Å². The van der Waals surface area contributed by atoms with Gasteiger partial charge in [-0.05, 0) is 18.2 Å². The van der Waals surface area contributed by atoms with Crippen molar-refractivity contribution in [2.24, 2.45) is 0 Å². The Morgan fingerprint density at radius 2 is 2.00 bits per heavy atom. The lowest BCUT2D eigenvalue weighted by Gasteiger charge is -2.49. The topological polar surface area (TPSA) is 71.5 Å². The van der Waals surface area contributed by atoms with Gasteiger partial charge in [-0.2, -0.15) is 5.26 Å². The molecule has 90 valence electrons. The molecule has 1 aliphatic rings. The standard InChI is InChI=1S/C12H15N3O2/c1-16-12(17-2)7-15(8-12)11-4-3-9(6-13)5-10(11)14/h3-5H,7-8,14H2,1-2H3. The quantitative estimate of drug-likeness (QED) is 0.621. The normalized spacial score (nSPS) is 17.4. The van der Waals surface area contributed by atoms with Gasteiger partial charge in [-0.1, -0.05) is 0 Å². The van der Waals surface area contributed by atoms with Crippen molar-refractivity contribution in [1.82, 2.24) is 0 Å². The molecular formula is C12H15N3O2. The molecule has 0 aliphatic carbocycles. The summed E-state index contributed by atoms with van der Waals surface area (Å²) in [5, 5.41) is 8.76. The molecule has 1 heterocycles. The molecule has 1 aromatic carbocycles. The summed E-state index contributed by atoms with van der Waals surface area (Å²) in [6.07, 6.45) is 0. The smallest absolute Gasteiger partial charge is 0.203 e. The van der Waals surface area contributed by atoms with Crippen LogP contribution in [0.1, 0.15) is 5.56 Å². The van der Waals surface area contributed by atoms with Gasteiger partial charge in [0.05, 0.1) is 36.1 Å². The van der Waals surface area contributed by atoms with E-state index in [0.29, 0.717) is 24.3 Å². The molecule has 1 saturated heterocycles. The van der Waals surface area contributed by atoms with Gasteiger partial charge in [0.25, 0.3) is 0 Å². The third-order valence-corrected chi connectivity index (χ3v) is 3.10. The predicted molar refractivity (Wildman–Crippen MR) is 64.5 cm³/mol. The highest BCUT2D eigenvalue weighted by Gasteiger charge is 2.44. The van der Waals surface area contributed by atoms with Gasteiger partial charge in [0.1, 0.15) is 0 Å². The maximum Gasteiger partial charge on any atom is 0.203 e. The van der Waals surface area contributed by atoms with Crippen LogP contribution >= 0.6 is 0 Å². The van der Waals surface area contributed by atoms with Crippen LogP contribution in [0.2, 0.25) is 0 Å². The van der Waals surface area contributed by atoms with E-state index in [2.05, 4.69) is 11.0 Å². The Balaban J connectivity index is 2.14. The largest absolute Gasteiger partial charge is 0.397 e.